The highest BCUT2D eigenvalue weighted by molar-refractivity contribution is 5.93. The molecule has 0 spiro atoms. The number of hydrogen-bond donors (Lipinski definition) is 0. The monoisotopic (exact) mass is 255 g/mol. The van der Waals surface area contributed by atoms with Crippen molar-refractivity contribution < 1.29 is 4.79 Å². The maximum absolute atomic E-state index is 12.6. The number of carbonyl (C=O) groups excluding carboxylic acids is 1. The molecule has 2 heteroatoms. The van der Waals surface area contributed by atoms with Gasteiger partial charge in [-0.25, -0.2) is 0 Å². The van der Waals surface area contributed by atoms with Gasteiger partial charge in [0.2, 0.25) is 0 Å². The molecule has 0 amide bonds. The SMILES string of the molecule is Cc1ccc(CC2(C#N)CCCC(C)(C)C2=O)cc1. The van der Waals surface area contributed by atoms with Crippen molar-refractivity contribution in [3.05, 3.63) is 35.4 Å². The van der Waals surface area contributed by atoms with E-state index in [4.69, 9.17) is 0 Å². The molecule has 1 aliphatic rings. The smallest absolute Gasteiger partial charge is 0.158 e. The third kappa shape index (κ3) is 2.56. The van der Waals surface area contributed by atoms with Gasteiger partial charge in [-0.15, -0.1) is 0 Å². The van der Waals surface area contributed by atoms with Gasteiger partial charge in [-0.2, -0.15) is 5.26 Å². The van der Waals surface area contributed by atoms with Gasteiger partial charge in [-0.3, -0.25) is 4.79 Å². The Hall–Kier alpha value is -1.62. The summed E-state index contributed by atoms with van der Waals surface area (Å²) in [5.74, 6) is 0.120. The minimum Gasteiger partial charge on any atom is -0.297 e. The molecule has 1 unspecified atom stereocenters. The number of nitrogens with zero attached hydrogens (tertiary/aromatic N) is 1. The second-order valence-electron chi connectivity index (χ2n) is 6.42. The van der Waals surface area contributed by atoms with Gasteiger partial charge in [-0.05, 0) is 31.7 Å². The van der Waals surface area contributed by atoms with Crippen molar-refractivity contribution in [1.82, 2.24) is 0 Å². The zero-order valence-corrected chi connectivity index (χ0v) is 12.0. The first-order valence-corrected chi connectivity index (χ1v) is 6.91. The van der Waals surface area contributed by atoms with E-state index in [-0.39, 0.29) is 11.2 Å². The van der Waals surface area contributed by atoms with Gasteiger partial charge >= 0.3 is 0 Å². The van der Waals surface area contributed by atoms with Crippen molar-refractivity contribution in [3.8, 4) is 6.07 Å². The largest absolute Gasteiger partial charge is 0.297 e. The van der Waals surface area contributed by atoms with Crippen LogP contribution in [0.25, 0.3) is 0 Å². The fourth-order valence-electron chi connectivity index (χ4n) is 3.08. The van der Waals surface area contributed by atoms with Crippen LogP contribution in [-0.2, 0) is 11.2 Å². The topological polar surface area (TPSA) is 40.9 Å². The maximum Gasteiger partial charge on any atom is 0.158 e. The molecule has 2 nitrogen and oxygen atoms in total. The number of ketones is 1. The van der Waals surface area contributed by atoms with E-state index in [9.17, 15) is 10.1 Å². The number of benzene rings is 1. The lowest BCUT2D eigenvalue weighted by Crippen LogP contribution is -2.45. The van der Waals surface area contributed by atoms with Crippen LogP contribution in [0.3, 0.4) is 0 Å². The highest BCUT2D eigenvalue weighted by Gasteiger charge is 2.48. The van der Waals surface area contributed by atoms with Gasteiger partial charge < -0.3 is 0 Å². The van der Waals surface area contributed by atoms with Crippen LogP contribution in [0, 0.1) is 29.1 Å². The molecule has 100 valence electrons. The van der Waals surface area contributed by atoms with Crippen molar-refractivity contribution in [3.63, 3.8) is 0 Å². The summed E-state index contributed by atoms with van der Waals surface area (Å²) in [4.78, 5) is 12.6. The van der Waals surface area contributed by atoms with Gasteiger partial charge in [0.05, 0.1) is 6.07 Å². The molecule has 1 aliphatic carbocycles. The summed E-state index contributed by atoms with van der Waals surface area (Å²) >= 11 is 0. The number of carbonyl (C=O) groups is 1. The summed E-state index contributed by atoms with van der Waals surface area (Å²) in [5, 5.41) is 9.59. The first kappa shape index (κ1) is 13.8. The molecule has 1 fully saturated rings. The lowest BCUT2D eigenvalue weighted by molar-refractivity contribution is -0.138. The molecule has 1 saturated carbocycles. The molecular weight excluding hydrogens is 234 g/mol. The van der Waals surface area contributed by atoms with E-state index < -0.39 is 5.41 Å². The summed E-state index contributed by atoms with van der Waals surface area (Å²) in [6, 6.07) is 10.5. The van der Waals surface area contributed by atoms with Gasteiger partial charge in [-0.1, -0.05) is 50.1 Å². The van der Waals surface area contributed by atoms with Crippen LogP contribution >= 0.6 is 0 Å². The molecule has 0 saturated heterocycles. The predicted octanol–water partition coefficient (Wildman–Crippen LogP) is 3.83. The minimum absolute atomic E-state index is 0.120. The van der Waals surface area contributed by atoms with Crippen LogP contribution in [0.4, 0.5) is 0 Å². The van der Waals surface area contributed by atoms with Crippen molar-refractivity contribution in [2.75, 3.05) is 0 Å². The van der Waals surface area contributed by atoms with E-state index in [1.165, 1.54) is 5.56 Å². The third-order valence-electron chi connectivity index (χ3n) is 4.30. The molecule has 0 radical (unpaired) electrons. The Morgan fingerprint density at radius 2 is 1.84 bits per heavy atom. The molecule has 1 aromatic carbocycles. The molecule has 0 aliphatic heterocycles. The van der Waals surface area contributed by atoms with Gasteiger partial charge in [0.1, 0.15) is 5.41 Å². The van der Waals surface area contributed by atoms with Gasteiger partial charge in [0.15, 0.2) is 5.78 Å². The quantitative estimate of drug-likeness (QED) is 0.806. The summed E-state index contributed by atoms with van der Waals surface area (Å²) in [6.07, 6.45) is 3.09. The average Bonchev–Trinajstić information content (AvgIpc) is 2.38. The summed E-state index contributed by atoms with van der Waals surface area (Å²) in [5.41, 5.74) is 1.10. The summed E-state index contributed by atoms with van der Waals surface area (Å²) in [6.45, 7) is 5.98. The molecule has 1 atom stereocenters. The van der Waals surface area contributed by atoms with Gasteiger partial charge in [0.25, 0.3) is 0 Å². The van der Waals surface area contributed by atoms with Crippen molar-refractivity contribution >= 4 is 5.78 Å². The van der Waals surface area contributed by atoms with Crippen molar-refractivity contribution in [2.24, 2.45) is 10.8 Å². The normalized spacial score (nSPS) is 25.9. The fraction of sp³-hybridized carbons (Fsp3) is 0.529. The molecule has 0 aromatic heterocycles. The number of Topliss-reactive ketones (excluding diaryl/α,β-unsaturated/α-hetero) is 1. The van der Waals surface area contributed by atoms with E-state index in [0.717, 1.165) is 18.4 Å². The Bertz CT molecular complexity index is 521. The molecule has 0 heterocycles. The lowest BCUT2D eigenvalue weighted by Gasteiger charge is -2.39. The lowest BCUT2D eigenvalue weighted by atomic mass is 9.61. The second-order valence-corrected chi connectivity index (χ2v) is 6.42. The Kier molecular flexibility index (Phi) is 3.49. The van der Waals surface area contributed by atoms with E-state index >= 15 is 0 Å². The number of nitriles is 1. The van der Waals surface area contributed by atoms with Crippen LogP contribution < -0.4 is 0 Å². The van der Waals surface area contributed by atoms with Crippen molar-refractivity contribution in [2.45, 2.75) is 46.5 Å². The zero-order chi connectivity index (χ0) is 14.1. The second kappa shape index (κ2) is 4.81. The Morgan fingerprint density at radius 1 is 1.21 bits per heavy atom. The van der Waals surface area contributed by atoms with Crippen LogP contribution in [0.1, 0.15) is 44.2 Å². The highest BCUT2D eigenvalue weighted by Crippen LogP contribution is 2.44. The molecule has 0 bridgehead atoms. The van der Waals surface area contributed by atoms with Crippen LogP contribution in [0.15, 0.2) is 24.3 Å². The summed E-state index contributed by atoms with van der Waals surface area (Å²) < 4.78 is 0. The Morgan fingerprint density at radius 3 is 2.42 bits per heavy atom. The van der Waals surface area contributed by atoms with E-state index in [1.807, 2.05) is 45.0 Å². The number of aryl methyl sites for hydroxylation is 1. The van der Waals surface area contributed by atoms with E-state index in [0.29, 0.717) is 12.8 Å². The van der Waals surface area contributed by atoms with E-state index in [1.54, 1.807) is 0 Å². The third-order valence-corrected chi connectivity index (χ3v) is 4.30. The zero-order valence-electron chi connectivity index (χ0n) is 12.0. The van der Waals surface area contributed by atoms with Crippen LogP contribution in [0.5, 0.6) is 0 Å². The van der Waals surface area contributed by atoms with Gasteiger partial charge in [0, 0.05) is 5.41 Å². The standard InChI is InChI=1S/C17H21NO/c1-13-5-7-14(8-6-13)11-17(12-18)10-4-9-16(2,3)15(17)19/h5-8H,4,9-11H2,1-3H3. The minimum atomic E-state index is -0.822. The molecule has 0 N–H and O–H groups in total. The number of hydrogen-bond acceptors (Lipinski definition) is 2. The number of rotatable bonds is 2. The van der Waals surface area contributed by atoms with E-state index in [2.05, 4.69) is 6.07 Å². The molecule has 19 heavy (non-hydrogen) atoms. The first-order chi connectivity index (χ1) is 8.89. The van der Waals surface area contributed by atoms with Crippen LogP contribution in [-0.4, -0.2) is 5.78 Å². The predicted molar refractivity (Wildman–Crippen MR) is 75.6 cm³/mol. The fourth-order valence-corrected chi connectivity index (χ4v) is 3.08. The molecular formula is C17H21NO. The molecule has 2 rings (SSSR count). The molecule has 1 aromatic rings. The van der Waals surface area contributed by atoms with Crippen LogP contribution in [0.2, 0.25) is 0 Å². The Balaban J connectivity index is 2.31. The maximum atomic E-state index is 12.6. The average molecular weight is 255 g/mol. The highest BCUT2D eigenvalue weighted by atomic mass is 16.1. The Labute approximate surface area is 115 Å². The summed E-state index contributed by atoms with van der Waals surface area (Å²) in [7, 11) is 0. The first-order valence-electron chi connectivity index (χ1n) is 6.91. The van der Waals surface area contributed by atoms with Crippen molar-refractivity contribution in [1.29, 1.82) is 5.26 Å².